The van der Waals surface area contributed by atoms with Gasteiger partial charge in [0.25, 0.3) is 0 Å². The van der Waals surface area contributed by atoms with Crippen molar-refractivity contribution in [3.05, 3.63) is 88.4 Å². The number of aromatic nitrogens is 3. The molecule has 31 heavy (non-hydrogen) atoms. The van der Waals surface area contributed by atoms with Crippen LogP contribution in [0.3, 0.4) is 0 Å². The van der Waals surface area contributed by atoms with E-state index in [1.807, 2.05) is 47.0 Å². The van der Waals surface area contributed by atoms with Gasteiger partial charge in [-0.25, -0.2) is 0 Å². The van der Waals surface area contributed by atoms with Gasteiger partial charge in [-0.15, -0.1) is 10.2 Å². The molecule has 156 valence electrons. The molecule has 3 aromatic carbocycles. The van der Waals surface area contributed by atoms with Gasteiger partial charge in [-0.2, -0.15) is 0 Å². The van der Waals surface area contributed by atoms with Crippen LogP contribution in [-0.2, 0) is 0 Å². The Morgan fingerprint density at radius 2 is 1.74 bits per heavy atom. The summed E-state index contributed by atoms with van der Waals surface area (Å²) >= 11 is 13.6. The maximum Gasteiger partial charge on any atom is 0.196 e. The molecule has 4 aromatic rings. The summed E-state index contributed by atoms with van der Waals surface area (Å²) in [5.74, 6) is 1.29. The molecule has 0 saturated carbocycles. The number of hydrogen-bond donors (Lipinski definition) is 0. The predicted molar refractivity (Wildman–Crippen MR) is 125 cm³/mol. The average Bonchev–Trinajstić information content (AvgIpc) is 3.22. The molecule has 0 bridgehead atoms. The van der Waals surface area contributed by atoms with Crippen LogP contribution in [0.4, 0.5) is 0 Å². The first-order chi connectivity index (χ1) is 15.1. The minimum Gasteiger partial charge on any atom is -0.496 e. The number of ketones is 1. The zero-order valence-corrected chi connectivity index (χ0v) is 18.8. The van der Waals surface area contributed by atoms with Gasteiger partial charge in [-0.05, 0) is 48.5 Å². The standard InChI is InChI=1S/C23H17Cl2N3O2S/c1-30-21-8-3-2-7-19(21)20(29)14-31-23-27-26-22(15-5-4-6-17(25)13-15)28(23)18-11-9-16(24)10-12-18/h2-13H,14H2,1H3. The number of methoxy groups -OCH3 is 1. The van der Waals surface area contributed by atoms with E-state index < -0.39 is 0 Å². The predicted octanol–water partition coefficient (Wildman–Crippen LogP) is 6.22. The Hall–Kier alpha value is -2.80. The Morgan fingerprint density at radius 1 is 0.968 bits per heavy atom. The largest absolute Gasteiger partial charge is 0.496 e. The number of hydrogen-bond acceptors (Lipinski definition) is 5. The van der Waals surface area contributed by atoms with Crippen molar-refractivity contribution in [1.29, 1.82) is 0 Å². The summed E-state index contributed by atoms with van der Waals surface area (Å²) in [5.41, 5.74) is 2.18. The number of ether oxygens (including phenoxy) is 1. The molecule has 0 aliphatic rings. The first-order valence-electron chi connectivity index (χ1n) is 9.33. The lowest BCUT2D eigenvalue weighted by Gasteiger charge is -2.11. The van der Waals surface area contributed by atoms with Crippen molar-refractivity contribution in [2.75, 3.05) is 12.9 Å². The second-order valence-corrected chi connectivity index (χ2v) is 8.36. The molecule has 0 N–H and O–H groups in total. The number of halogens is 2. The van der Waals surface area contributed by atoms with E-state index >= 15 is 0 Å². The van der Waals surface area contributed by atoms with Crippen molar-refractivity contribution in [3.8, 4) is 22.8 Å². The SMILES string of the molecule is COc1ccccc1C(=O)CSc1nnc(-c2cccc(Cl)c2)n1-c1ccc(Cl)cc1. The highest BCUT2D eigenvalue weighted by molar-refractivity contribution is 7.99. The maximum atomic E-state index is 12.8. The molecule has 0 aliphatic carbocycles. The third-order valence-corrected chi connectivity index (χ3v) is 5.96. The van der Waals surface area contributed by atoms with E-state index in [2.05, 4.69) is 10.2 Å². The van der Waals surface area contributed by atoms with Crippen LogP contribution in [0.25, 0.3) is 17.1 Å². The molecule has 5 nitrogen and oxygen atoms in total. The number of carbonyl (C=O) groups is 1. The van der Waals surface area contributed by atoms with Gasteiger partial charge in [0.15, 0.2) is 16.8 Å². The third kappa shape index (κ3) is 4.77. The van der Waals surface area contributed by atoms with Crippen LogP contribution in [0.1, 0.15) is 10.4 Å². The lowest BCUT2D eigenvalue weighted by Crippen LogP contribution is -2.06. The first-order valence-corrected chi connectivity index (χ1v) is 11.1. The fourth-order valence-corrected chi connectivity index (χ4v) is 4.24. The molecule has 0 spiro atoms. The Labute approximate surface area is 194 Å². The molecule has 0 aliphatic heterocycles. The van der Waals surface area contributed by atoms with Gasteiger partial charge < -0.3 is 4.74 Å². The topological polar surface area (TPSA) is 57.0 Å². The number of para-hydroxylation sites is 1. The molecule has 0 radical (unpaired) electrons. The van der Waals surface area contributed by atoms with Crippen LogP contribution >= 0.6 is 35.0 Å². The van der Waals surface area contributed by atoms with Crippen molar-refractivity contribution in [3.63, 3.8) is 0 Å². The van der Waals surface area contributed by atoms with Gasteiger partial charge in [0.2, 0.25) is 0 Å². The minimum absolute atomic E-state index is 0.0580. The lowest BCUT2D eigenvalue weighted by molar-refractivity contribution is 0.101. The Kier molecular flexibility index (Phi) is 6.61. The molecule has 1 aromatic heterocycles. The molecule has 0 saturated heterocycles. The zero-order chi connectivity index (χ0) is 21.8. The molecule has 4 rings (SSSR count). The molecular formula is C23H17Cl2N3O2S. The molecule has 0 unspecified atom stereocenters. The third-order valence-electron chi connectivity index (χ3n) is 4.54. The highest BCUT2D eigenvalue weighted by Crippen LogP contribution is 2.30. The summed E-state index contributed by atoms with van der Waals surface area (Å²) in [6.07, 6.45) is 0. The van der Waals surface area contributed by atoms with Gasteiger partial charge in [-0.3, -0.25) is 9.36 Å². The maximum absolute atomic E-state index is 12.8. The van der Waals surface area contributed by atoms with Crippen LogP contribution in [-0.4, -0.2) is 33.4 Å². The molecule has 0 atom stereocenters. The Morgan fingerprint density at radius 3 is 2.48 bits per heavy atom. The minimum atomic E-state index is -0.0580. The van der Waals surface area contributed by atoms with Crippen LogP contribution in [0.2, 0.25) is 10.0 Å². The van der Waals surface area contributed by atoms with Crippen molar-refractivity contribution in [2.45, 2.75) is 5.16 Å². The van der Waals surface area contributed by atoms with E-state index in [9.17, 15) is 4.79 Å². The molecule has 1 heterocycles. The zero-order valence-electron chi connectivity index (χ0n) is 16.5. The van der Waals surface area contributed by atoms with Crippen molar-refractivity contribution >= 4 is 40.7 Å². The van der Waals surface area contributed by atoms with Crippen LogP contribution in [0, 0.1) is 0 Å². The van der Waals surface area contributed by atoms with E-state index in [1.165, 1.54) is 11.8 Å². The van der Waals surface area contributed by atoms with Crippen molar-refractivity contribution in [1.82, 2.24) is 14.8 Å². The quantitative estimate of drug-likeness (QED) is 0.237. The number of Topliss-reactive ketones (excluding diaryl/α,β-unsaturated/α-hetero) is 1. The van der Waals surface area contributed by atoms with Crippen LogP contribution in [0.15, 0.2) is 78.0 Å². The second kappa shape index (κ2) is 9.56. The summed E-state index contributed by atoms with van der Waals surface area (Å²) in [4.78, 5) is 12.8. The van der Waals surface area contributed by atoms with E-state index in [4.69, 9.17) is 27.9 Å². The summed E-state index contributed by atoms with van der Waals surface area (Å²) in [5, 5.41) is 10.5. The number of thioether (sulfide) groups is 1. The van der Waals surface area contributed by atoms with E-state index in [1.54, 1.807) is 37.4 Å². The second-order valence-electron chi connectivity index (χ2n) is 6.54. The highest BCUT2D eigenvalue weighted by atomic mass is 35.5. The summed E-state index contributed by atoms with van der Waals surface area (Å²) in [7, 11) is 1.55. The summed E-state index contributed by atoms with van der Waals surface area (Å²) < 4.78 is 7.20. The van der Waals surface area contributed by atoms with Gasteiger partial charge in [0.1, 0.15) is 5.75 Å². The fourth-order valence-electron chi connectivity index (χ4n) is 3.08. The Balaban J connectivity index is 1.69. The van der Waals surface area contributed by atoms with Crippen molar-refractivity contribution in [2.24, 2.45) is 0 Å². The fraction of sp³-hybridized carbons (Fsp3) is 0.0870. The van der Waals surface area contributed by atoms with Crippen LogP contribution in [0.5, 0.6) is 5.75 Å². The summed E-state index contributed by atoms with van der Waals surface area (Å²) in [6.45, 7) is 0. The number of nitrogens with zero attached hydrogens (tertiary/aromatic N) is 3. The van der Waals surface area contributed by atoms with Gasteiger partial charge in [-0.1, -0.05) is 59.2 Å². The number of benzene rings is 3. The Bertz CT molecular complexity index is 1230. The van der Waals surface area contributed by atoms with E-state index in [-0.39, 0.29) is 11.5 Å². The smallest absolute Gasteiger partial charge is 0.196 e. The van der Waals surface area contributed by atoms with Gasteiger partial charge in [0.05, 0.1) is 18.4 Å². The van der Waals surface area contributed by atoms with Gasteiger partial charge in [0, 0.05) is 21.3 Å². The number of rotatable bonds is 7. The summed E-state index contributed by atoms with van der Waals surface area (Å²) in [6, 6.07) is 21.9. The number of carbonyl (C=O) groups excluding carboxylic acids is 1. The normalized spacial score (nSPS) is 10.8. The van der Waals surface area contributed by atoms with E-state index in [0.717, 1.165) is 11.3 Å². The molecule has 8 heteroatoms. The average molecular weight is 470 g/mol. The highest BCUT2D eigenvalue weighted by Gasteiger charge is 2.19. The molecular weight excluding hydrogens is 453 g/mol. The van der Waals surface area contributed by atoms with Gasteiger partial charge >= 0.3 is 0 Å². The lowest BCUT2D eigenvalue weighted by atomic mass is 10.1. The molecule has 0 fully saturated rings. The molecule has 0 amide bonds. The van der Waals surface area contributed by atoms with E-state index in [0.29, 0.717) is 32.3 Å². The van der Waals surface area contributed by atoms with Crippen molar-refractivity contribution < 1.29 is 9.53 Å². The first kappa shape index (κ1) is 21.4. The van der Waals surface area contributed by atoms with Crippen LogP contribution < -0.4 is 4.74 Å². The monoisotopic (exact) mass is 469 g/mol.